The molecular formula is C14H30N2O2. The van der Waals surface area contributed by atoms with Gasteiger partial charge in [-0.25, -0.2) is 0 Å². The van der Waals surface area contributed by atoms with E-state index >= 15 is 0 Å². The summed E-state index contributed by atoms with van der Waals surface area (Å²) in [5.74, 6) is 0.474. The monoisotopic (exact) mass is 258 g/mol. The van der Waals surface area contributed by atoms with Crippen molar-refractivity contribution in [2.24, 2.45) is 5.92 Å². The van der Waals surface area contributed by atoms with Crippen LogP contribution < -0.4 is 5.32 Å². The van der Waals surface area contributed by atoms with Crippen molar-refractivity contribution in [2.45, 2.75) is 44.8 Å². The molecule has 0 bridgehead atoms. The minimum absolute atomic E-state index is 0.138. The van der Waals surface area contributed by atoms with Crippen molar-refractivity contribution in [1.29, 1.82) is 0 Å². The summed E-state index contributed by atoms with van der Waals surface area (Å²) in [6.45, 7) is 7.87. The van der Waals surface area contributed by atoms with Crippen molar-refractivity contribution in [2.75, 3.05) is 40.4 Å². The summed E-state index contributed by atoms with van der Waals surface area (Å²) in [5, 5.41) is 12.6. The number of nitrogens with zero attached hydrogens (tertiary/aromatic N) is 1. The molecule has 0 aromatic heterocycles. The molecule has 2 atom stereocenters. The molecule has 4 nitrogen and oxygen atoms in total. The third kappa shape index (κ3) is 4.50. The zero-order chi connectivity index (χ0) is 13.6. The van der Waals surface area contributed by atoms with Gasteiger partial charge in [0, 0.05) is 26.3 Å². The van der Waals surface area contributed by atoms with Crippen LogP contribution in [0, 0.1) is 5.92 Å². The number of ether oxygens (including phenoxy) is 1. The molecule has 0 aliphatic carbocycles. The smallest absolute Gasteiger partial charge is 0.0775 e. The number of nitrogens with one attached hydrogen (secondary N) is 1. The number of rotatable bonds is 7. The highest BCUT2D eigenvalue weighted by molar-refractivity contribution is 4.85. The predicted molar refractivity (Wildman–Crippen MR) is 74.8 cm³/mol. The van der Waals surface area contributed by atoms with Crippen molar-refractivity contribution in [1.82, 2.24) is 10.2 Å². The van der Waals surface area contributed by atoms with Gasteiger partial charge in [0.25, 0.3) is 0 Å². The Kier molecular flexibility index (Phi) is 6.57. The molecule has 2 N–H and O–H groups in total. The van der Waals surface area contributed by atoms with Crippen molar-refractivity contribution >= 4 is 0 Å². The quantitative estimate of drug-likeness (QED) is 0.717. The first kappa shape index (κ1) is 15.9. The first-order valence-electron chi connectivity index (χ1n) is 7.09. The zero-order valence-electron chi connectivity index (χ0n) is 12.4. The highest BCUT2D eigenvalue weighted by Gasteiger charge is 2.28. The number of methoxy groups -OCH3 is 1. The molecule has 18 heavy (non-hydrogen) atoms. The van der Waals surface area contributed by atoms with Crippen molar-refractivity contribution in [3.63, 3.8) is 0 Å². The first-order valence-corrected chi connectivity index (χ1v) is 7.09. The van der Waals surface area contributed by atoms with E-state index in [1.807, 2.05) is 7.05 Å². The van der Waals surface area contributed by atoms with Gasteiger partial charge in [0.1, 0.15) is 0 Å². The Hall–Kier alpha value is -0.160. The molecule has 0 amide bonds. The second-order valence-electron chi connectivity index (χ2n) is 5.93. The number of aliphatic hydroxyl groups excluding tert-OH is 1. The molecule has 2 unspecified atom stereocenters. The first-order chi connectivity index (χ1) is 8.53. The Balaban J connectivity index is 2.38. The Morgan fingerprint density at radius 2 is 2.22 bits per heavy atom. The molecule has 0 aromatic carbocycles. The van der Waals surface area contributed by atoms with Crippen LogP contribution in [0.5, 0.6) is 0 Å². The summed E-state index contributed by atoms with van der Waals surface area (Å²) in [5.41, 5.74) is -0.138. The van der Waals surface area contributed by atoms with Crippen LogP contribution in [-0.4, -0.2) is 62.0 Å². The van der Waals surface area contributed by atoms with Crippen LogP contribution in [0.2, 0.25) is 0 Å². The molecule has 0 spiro atoms. The lowest BCUT2D eigenvalue weighted by Gasteiger charge is -2.36. The van der Waals surface area contributed by atoms with Gasteiger partial charge >= 0.3 is 0 Å². The van der Waals surface area contributed by atoms with Gasteiger partial charge in [0.2, 0.25) is 0 Å². The van der Waals surface area contributed by atoms with Crippen LogP contribution in [0.15, 0.2) is 0 Å². The summed E-state index contributed by atoms with van der Waals surface area (Å²) in [7, 11) is 3.77. The number of hydrogen-bond acceptors (Lipinski definition) is 4. The second kappa shape index (κ2) is 7.43. The van der Waals surface area contributed by atoms with E-state index < -0.39 is 0 Å². The molecular weight excluding hydrogens is 228 g/mol. The van der Waals surface area contributed by atoms with Gasteiger partial charge in [0.05, 0.1) is 5.60 Å². The van der Waals surface area contributed by atoms with Crippen LogP contribution >= 0.6 is 0 Å². The fourth-order valence-electron chi connectivity index (χ4n) is 2.80. The molecule has 1 aliphatic rings. The van der Waals surface area contributed by atoms with E-state index in [4.69, 9.17) is 4.74 Å². The molecule has 0 radical (unpaired) electrons. The maximum Gasteiger partial charge on any atom is 0.0775 e. The SMILES string of the molecule is CNC(CCN1CCCC(CO)C1)C(C)(C)OC. The van der Waals surface area contributed by atoms with Crippen LogP contribution in [0.1, 0.15) is 33.1 Å². The minimum Gasteiger partial charge on any atom is -0.396 e. The van der Waals surface area contributed by atoms with Crippen molar-refractivity contribution < 1.29 is 9.84 Å². The molecule has 1 saturated heterocycles. The minimum atomic E-state index is -0.138. The molecule has 108 valence electrons. The fourth-order valence-corrected chi connectivity index (χ4v) is 2.80. The summed E-state index contributed by atoms with van der Waals surface area (Å²) < 4.78 is 5.55. The third-order valence-electron chi connectivity index (χ3n) is 4.31. The normalized spacial score (nSPS) is 24.2. The van der Waals surface area contributed by atoms with Gasteiger partial charge in [-0.3, -0.25) is 0 Å². The Bertz CT molecular complexity index is 234. The van der Waals surface area contributed by atoms with E-state index in [2.05, 4.69) is 24.1 Å². The Morgan fingerprint density at radius 3 is 2.78 bits per heavy atom. The lowest BCUT2D eigenvalue weighted by Crippen LogP contribution is -2.49. The van der Waals surface area contributed by atoms with Gasteiger partial charge in [-0.2, -0.15) is 0 Å². The second-order valence-corrected chi connectivity index (χ2v) is 5.93. The van der Waals surface area contributed by atoms with E-state index in [1.54, 1.807) is 7.11 Å². The van der Waals surface area contributed by atoms with Crippen LogP contribution in [0.25, 0.3) is 0 Å². The molecule has 0 saturated carbocycles. The topological polar surface area (TPSA) is 44.7 Å². The van der Waals surface area contributed by atoms with Crippen LogP contribution in [-0.2, 0) is 4.74 Å². The average Bonchev–Trinajstić information content (AvgIpc) is 2.39. The fraction of sp³-hybridized carbons (Fsp3) is 1.00. The standard InChI is InChI=1S/C14H30N2O2/c1-14(2,18-4)13(15-3)7-9-16-8-5-6-12(10-16)11-17/h12-13,15,17H,5-11H2,1-4H3. The summed E-state index contributed by atoms with van der Waals surface area (Å²) in [4.78, 5) is 2.47. The van der Waals surface area contributed by atoms with E-state index in [-0.39, 0.29) is 5.60 Å². The van der Waals surface area contributed by atoms with E-state index in [1.165, 1.54) is 19.4 Å². The molecule has 1 rings (SSSR count). The Morgan fingerprint density at radius 1 is 1.50 bits per heavy atom. The van der Waals surface area contributed by atoms with Crippen LogP contribution in [0.4, 0.5) is 0 Å². The van der Waals surface area contributed by atoms with E-state index in [0.29, 0.717) is 18.6 Å². The lowest BCUT2D eigenvalue weighted by atomic mass is 9.94. The number of piperidine rings is 1. The van der Waals surface area contributed by atoms with Crippen molar-refractivity contribution in [3.05, 3.63) is 0 Å². The molecule has 1 aliphatic heterocycles. The third-order valence-corrected chi connectivity index (χ3v) is 4.31. The molecule has 1 heterocycles. The van der Waals surface area contributed by atoms with E-state index in [0.717, 1.165) is 19.5 Å². The highest BCUT2D eigenvalue weighted by atomic mass is 16.5. The number of likely N-dealkylation sites (tertiary alicyclic amines) is 1. The summed E-state index contributed by atoms with van der Waals surface area (Å²) >= 11 is 0. The highest BCUT2D eigenvalue weighted by Crippen LogP contribution is 2.19. The maximum absolute atomic E-state index is 9.24. The number of likely N-dealkylation sites (N-methyl/N-ethyl adjacent to an activating group) is 1. The largest absolute Gasteiger partial charge is 0.396 e. The average molecular weight is 258 g/mol. The lowest BCUT2D eigenvalue weighted by molar-refractivity contribution is -0.0141. The maximum atomic E-state index is 9.24. The predicted octanol–water partition coefficient (Wildman–Crippen LogP) is 1.09. The number of aliphatic hydroxyl groups is 1. The van der Waals surface area contributed by atoms with Gasteiger partial charge in [-0.05, 0) is 59.2 Å². The van der Waals surface area contributed by atoms with Crippen LogP contribution in [0.3, 0.4) is 0 Å². The van der Waals surface area contributed by atoms with E-state index in [9.17, 15) is 5.11 Å². The molecule has 0 aromatic rings. The summed E-state index contributed by atoms with van der Waals surface area (Å²) in [6, 6.07) is 0.358. The summed E-state index contributed by atoms with van der Waals surface area (Å²) in [6.07, 6.45) is 3.46. The van der Waals surface area contributed by atoms with Crippen molar-refractivity contribution in [3.8, 4) is 0 Å². The Labute approximate surface area is 112 Å². The zero-order valence-corrected chi connectivity index (χ0v) is 12.4. The van der Waals surface area contributed by atoms with Gasteiger partial charge in [0.15, 0.2) is 0 Å². The molecule has 1 fully saturated rings. The van der Waals surface area contributed by atoms with Gasteiger partial charge in [-0.1, -0.05) is 0 Å². The molecule has 4 heteroatoms. The van der Waals surface area contributed by atoms with Gasteiger partial charge < -0.3 is 20.1 Å². The number of hydrogen-bond donors (Lipinski definition) is 2. The van der Waals surface area contributed by atoms with Gasteiger partial charge in [-0.15, -0.1) is 0 Å².